The highest BCUT2D eigenvalue weighted by Gasteiger charge is 2.18. The van der Waals surface area contributed by atoms with Gasteiger partial charge in [0.05, 0.1) is 0 Å². The lowest BCUT2D eigenvalue weighted by Gasteiger charge is -2.13. The Balaban J connectivity index is 1.22. The van der Waals surface area contributed by atoms with E-state index in [0.29, 0.717) is 17.5 Å². The second-order valence-corrected chi connectivity index (χ2v) is 13.0. The van der Waals surface area contributed by atoms with Crippen LogP contribution in [0.3, 0.4) is 0 Å². The van der Waals surface area contributed by atoms with E-state index in [1.807, 2.05) is 18.2 Å². The van der Waals surface area contributed by atoms with Gasteiger partial charge in [-0.05, 0) is 55.2 Å². The second kappa shape index (κ2) is 10.3. The van der Waals surface area contributed by atoms with Crippen LogP contribution in [0.25, 0.3) is 97.4 Å². The average Bonchev–Trinajstić information content (AvgIpc) is 3.53. The molecule has 0 fully saturated rings. The van der Waals surface area contributed by atoms with Crippen LogP contribution in [-0.4, -0.2) is 15.0 Å². The Kier molecular flexibility index (Phi) is 5.74. The number of thiophene rings is 1. The molecule has 0 saturated heterocycles. The van der Waals surface area contributed by atoms with Crippen LogP contribution < -0.4 is 0 Å². The van der Waals surface area contributed by atoms with E-state index in [0.717, 1.165) is 22.1 Å². The number of benzene rings is 8. The number of hydrogen-bond donors (Lipinski definition) is 0. The summed E-state index contributed by atoms with van der Waals surface area (Å²) in [4.78, 5) is 15.4. The van der Waals surface area contributed by atoms with E-state index < -0.39 is 0 Å². The van der Waals surface area contributed by atoms with Crippen LogP contribution in [0.2, 0.25) is 0 Å². The van der Waals surface area contributed by atoms with E-state index in [4.69, 9.17) is 15.0 Å². The molecule has 0 aliphatic rings. The SMILES string of the molecule is c1ccc(-c2nc(-c3cccc4c3ccc3c4ccc4c5ccccc5ccc43)nc(-c3cccc4c3sc3ccccc34)n2)cc1. The molecule has 0 radical (unpaired) electrons. The number of rotatable bonds is 3. The molecule has 0 N–H and O–H groups in total. The molecule has 0 saturated carbocycles. The summed E-state index contributed by atoms with van der Waals surface area (Å²) in [6, 6.07) is 53.8. The van der Waals surface area contributed by atoms with Crippen molar-refractivity contribution in [1.82, 2.24) is 15.0 Å². The summed E-state index contributed by atoms with van der Waals surface area (Å²) in [6.07, 6.45) is 0. The molecule has 8 aromatic carbocycles. The summed E-state index contributed by atoms with van der Waals surface area (Å²) < 4.78 is 2.45. The maximum atomic E-state index is 5.22. The van der Waals surface area contributed by atoms with Crippen molar-refractivity contribution < 1.29 is 0 Å². The monoisotopic (exact) mass is 615 g/mol. The molecule has 218 valence electrons. The van der Waals surface area contributed by atoms with Crippen LogP contribution in [0.15, 0.2) is 152 Å². The van der Waals surface area contributed by atoms with Gasteiger partial charge in [-0.15, -0.1) is 11.3 Å². The Bertz CT molecular complexity index is 2850. The van der Waals surface area contributed by atoms with Gasteiger partial charge in [0.2, 0.25) is 0 Å². The second-order valence-electron chi connectivity index (χ2n) is 12.0. The average molecular weight is 616 g/mol. The lowest BCUT2D eigenvalue weighted by Crippen LogP contribution is -2.00. The highest BCUT2D eigenvalue weighted by atomic mass is 32.1. The van der Waals surface area contributed by atoms with Crippen molar-refractivity contribution in [3.63, 3.8) is 0 Å². The topological polar surface area (TPSA) is 38.7 Å². The fraction of sp³-hybridized carbons (Fsp3) is 0. The maximum absolute atomic E-state index is 5.22. The minimum absolute atomic E-state index is 0.666. The van der Waals surface area contributed by atoms with Crippen molar-refractivity contribution in [2.75, 3.05) is 0 Å². The van der Waals surface area contributed by atoms with Crippen molar-refractivity contribution in [2.24, 2.45) is 0 Å². The van der Waals surface area contributed by atoms with Crippen LogP contribution >= 0.6 is 11.3 Å². The summed E-state index contributed by atoms with van der Waals surface area (Å²) in [5, 5.41) is 12.3. The third-order valence-corrected chi connectivity index (χ3v) is 10.6. The van der Waals surface area contributed by atoms with Gasteiger partial charge in [0.15, 0.2) is 17.5 Å². The molecule has 10 aromatic rings. The van der Waals surface area contributed by atoms with Gasteiger partial charge in [0.1, 0.15) is 0 Å². The van der Waals surface area contributed by atoms with Gasteiger partial charge in [-0.1, -0.05) is 140 Å². The zero-order chi connectivity index (χ0) is 30.9. The highest BCUT2D eigenvalue weighted by molar-refractivity contribution is 7.26. The van der Waals surface area contributed by atoms with E-state index in [2.05, 4.69) is 133 Å². The molecule has 0 amide bonds. The minimum Gasteiger partial charge on any atom is -0.208 e. The molecule has 0 bridgehead atoms. The molecule has 0 aliphatic heterocycles. The molecule has 0 spiro atoms. The summed E-state index contributed by atoms with van der Waals surface area (Å²) in [5.74, 6) is 2.02. The first kappa shape index (κ1) is 26.3. The molecule has 0 atom stereocenters. The zero-order valence-electron chi connectivity index (χ0n) is 25.2. The van der Waals surface area contributed by atoms with E-state index in [-0.39, 0.29) is 0 Å². The quantitative estimate of drug-likeness (QED) is 0.186. The maximum Gasteiger partial charge on any atom is 0.165 e. The van der Waals surface area contributed by atoms with Crippen molar-refractivity contribution in [2.45, 2.75) is 0 Å². The first-order valence-corrected chi connectivity index (χ1v) is 16.6. The number of fused-ring (bicyclic) bond motifs is 10. The molecule has 0 unspecified atom stereocenters. The Morgan fingerprint density at radius 2 is 0.851 bits per heavy atom. The molecule has 0 aliphatic carbocycles. The Morgan fingerprint density at radius 3 is 1.66 bits per heavy atom. The van der Waals surface area contributed by atoms with Crippen molar-refractivity contribution in [3.05, 3.63) is 152 Å². The van der Waals surface area contributed by atoms with Gasteiger partial charge in [-0.25, -0.2) is 15.0 Å². The summed E-state index contributed by atoms with van der Waals surface area (Å²) in [6.45, 7) is 0. The molecule has 2 heterocycles. The van der Waals surface area contributed by atoms with Crippen LogP contribution in [0, 0.1) is 0 Å². The molecular weight excluding hydrogens is 591 g/mol. The fourth-order valence-corrected chi connectivity index (χ4v) is 8.34. The summed E-state index contributed by atoms with van der Waals surface area (Å²) in [7, 11) is 0. The third kappa shape index (κ3) is 4.09. The van der Waals surface area contributed by atoms with E-state index in [1.165, 1.54) is 57.9 Å². The first-order valence-electron chi connectivity index (χ1n) is 15.8. The fourth-order valence-electron chi connectivity index (χ4n) is 7.12. The summed E-state index contributed by atoms with van der Waals surface area (Å²) >= 11 is 1.79. The summed E-state index contributed by atoms with van der Waals surface area (Å²) in [5.41, 5.74) is 2.98. The van der Waals surface area contributed by atoms with E-state index >= 15 is 0 Å². The number of aromatic nitrogens is 3. The first-order chi connectivity index (χ1) is 23.3. The predicted molar refractivity (Wildman–Crippen MR) is 199 cm³/mol. The molecule has 10 rings (SSSR count). The third-order valence-electron chi connectivity index (χ3n) is 9.33. The van der Waals surface area contributed by atoms with Gasteiger partial charge in [-0.3, -0.25) is 0 Å². The molecule has 4 heteroatoms. The van der Waals surface area contributed by atoms with E-state index in [9.17, 15) is 0 Å². The largest absolute Gasteiger partial charge is 0.208 e. The Morgan fingerprint density at radius 1 is 0.319 bits per heavy atom. The predicted octanol–water partition coefficient (Wildman–Crippen LogP) is 11.9. The van der Waals surface area contributed by atoms with E-state index in [1.54, 1.807) is 11.3 Å². The highest BCUT2D eigenvalue weighted by Crippen LogP contribution is 2.41. The smallest absolute Gasteiger partial charge is 0.165 e. The van der Waals surface area contributed by atoms with Crippen molar-refractivity contribution in [1.29, 1.82) is 0 Å². The minimum atomic E-state index is 0.666. The normalized spacial score (nSPS) is 11.8. The lowest BCUT2D eigenvalue weighted by atomic mass is 9.93. The molecular formula is C43H25N3S. The van der Waals surface area contributed by atoms with Gasteiger partial charge >= 0.3 is 0 Å². The number of nitrogens with zero attached hydrogens (tertiary/aromatic N) is 3. The van der Waals surface area contributed by atoms with Crippen LogP contribution in [-0.2, 0) is 0 Å². The van der Waals surface area contributed by atoms with Crippen LogP contribution in [0.5, 0.6) is 0 Å². The van der Waals surface area contributed by atoms with Crippen LogP contribution in [0.4, 0.5) is 0 Å². The lowest BCUT2D eigenvalue weighted by molar-refractivity contribution is 1.08. The van der Waals surface area contributed by atoms with Gasteiger partial charge in [-0.2, -0.15) is 0 Å². The van der Waals surface area contributed by atoms with Crippen molar-refractivity contribution in [3.8, 4) is 34.2 Å². The Labute approximate surface area is 274 Å². The zero-order valence-corrected chi connectivity index (χ0v) is 26.0. The Hall–Kier alpha value is -5.97. The standard InChI is InChI=1S/C43H25N3S/c1-2-11-27(12-3-1)41-44-42(46-43(45-41)38-18-9-16-36-35-14-6-7-19-39(35)47-40(36)38)37-17-8-15-29-32-23-22-30-28-13-5-4-10-26(28)20-21-31(30)33(32)24-25-34(29)37/h1-25H. The number of hydrogen-bond acceptors (Lipinski definition) is 4. The van der Waals surface area contributed by atoms with Gasteiger partial charge < -0.3 is 0 Å². The van der Waals surface area contributed by atoms with Gasteiger partial charge in [0.25, 0.3) is 0 Å². The van der Waals surface area contributed by atoms with Crippen LogP contribution in [0.1, 0.15) is 0 Å². The molecule has 3 nitrogen and oxygen atoms in total. The van der Waals surface area contributed by atoms with Crippen molar-refractivity contribution >= 4 is 74.6 Å². The molecule has 2 aromatic heterocycles. The molecule has 47 heavy (non-hydrogen) atoms. The van der Waals surface area contributed by atoms with Gasteiger partial charge in [0, 0.05) is 36.9 Å².